The summed E-state index contributed by atoms with van der Waals surface area (Å²) in [7, 11) is 0. The summed E-state index contributed by atoms with van der Waals surface area (Å²) in [5, 5.41) is 5.00. The van der Waals surface area contributed by atoms with Gasteiger partial charge in [-0.15, -0.1) is 0 Å². The number of rotatable bonds is 4. The number of nitrogens with one attached hydrogen (secondary N) is 1. The summed E-state index contributed by atoms with van der Waals surface area (Å²) in [4.78, 5) is 2.30. The molecule has 1 aliphatic rings. The zero-order valence-electron chi connectivity index (χ0n) is 10.9. The van der Waals surface area contributed by atoms with E-state index in [0.29, 0.717) is 12.0 Å². The van der Waals surface area contributed by atoms with Gasteiger partial charge < -0.3 is 10.2 Å². The van der Waals surface area contributed by atoms with Crippen molar-refractivity contribution in [2.45, 2.75) is 26.3 Å². The summed E-state index contributed by atoms with van der Waals surface area (Å²) < 4.78 is 0. The van der Waals surface area contributed by atoms with Gasteiger partial charge in [0.05, 0.1) is 15.7 Å². The van der Waals surface area contributed by atoms with Crippen molar-refractivity contribution in [3.8, 4) is 0 Å². The first-order valence-corrected chi connectivity index (χ1v) is 7.26. The van der Waals surface area contributed by atoms with Crippen LogP contribution in [0.1, 0.15) is 20.3 Å². The maximum absolute atomic E-state index is 6.24. The lowest BCUT2D eigenvalue weighted by molar-refractivity contribution is 0.480. The molecule has 2 nitrogen and oxygen atoms in total. The van der Waals surface area contributed by atoms with Gasteiger partial charge in [-0.05, 0) is 31.0 Å². The molecule has 1 unspecified atom stereocenters. The second-order valence-corrected chi connectivity index (χ2v) is 6.05. The molecule has 4 heteroatoms. The number of halogens is 2. The highest BCUT2D eigenvalue weighted by Crippen LogP contribution is 2.36. The Morgan fingerprint density at radius 1 is 1.33 bits per heavy atom. The Bertz CT molecular complexity index is 387. The maximum Gasteiger partial charge on any atom is 0.0745 e. The van der Waals surface area contributed by atoms with Crippen LogP contribution in [-0.2, 0) is 0 Å². The van der Waals surface area contributed by atoms with Crippen LogP contribution in [-0.4, -0.2) is 25.7 Å². The lowest BCUT2D eigenvalue weighted by atomic mass is 10.1. The standard InChI is InChI=1S/C14H20Cl2N2/c1-10(2)17-8-11-6-7-18(9-11)14-12(15)4-3-5-13(14)16/h3-5,10-11,17H,6-9H2,1-2H3. The molecular formula is C14H20Cl2N2. The number of para-hydroxylation sites is 1. The zero-order chi connectivity index (χ0) is 13.1. The summed E-state index contributed by atoms with van der Waals surface area (Å²) in [6.07, 6.45) is 1.20. The second-order valence-electron chi connectivity index (χ2n) is 5.23. The van der Waals surface area contributed by atoms with Crippen LogP contribution in [0.25, 0.3) is 0 Å². The average molecular weight is 287 g/mol. The van der Waals surface area contributed by atoms with Crippen LogP contribution in [0, 0.1) is 5.92 Å². The van der Waals surface area contributed by atoms with Gasteiger partial charge in [-0.3, -0.25) is 0 Å². The fraction of sp³-hybridized carbons (Fsp3) is 0.571. The maximum atomic E-state index is 6.24. The molecule has 1 heterocycles. The number of hydrogen-bond acceptors (Lipinski definition) is 2. The predicted octanol–water partition coefficient (Wildman–Crippen LogP) is 3.82. The van der Waals surface area contributed by atoms with Gasteiger partial charge in [0.15, 0.2) is 0 Å². The molecule has 1 aromatic rings. The molecule has 18 heavy (non-hydrogen) atoms. The molecule has 1 fully saturated rings. The second kappa shape index (κ2) is 6.14. The van der Waals surface area contributed by atoms with E-state index in [1.54, 1.807) is 0 Å². The third-order valence-corrected chi connectivity index (χ3v) is 3.96. The van der Waals surface area contributed by atoms with Gasteiger partial charge in [0.1, 0.15) is 0 Å². The van der Waals surface area contributed by atoms with Crippen LogP contribution >= 0.6 is 23.2 Å². The van der Waals surface area contributed by atoms with Gasteiger partial charge in [0.2, 0.25) is 0 Å². The lowest BCUT2D eigenvalue weighted by Gasteiger charge is -2.21. The molecule has 2 rings (SSSR count). The van der Waals surface area contributed by atoms with Gasteiger partial charge in [-0.2, -0.15) is 0 Å². The molecule has 1 atom stereocenters. The number of anilines is 1. The molecular weight excluding hydrogens is 267 g/mol. The van der Waals surface area contributed by atoms with E-state index < -0.39 is 0 Å². The fourth-order valence-corrected chi connectivity index (χ4v) is 3.03. The van der Waals surface area contributed by atoms with E-state index in [0.717, 1.165) is 35.4 Å². The molecule has 1 aliphatic heterocycles. The largest absolute Gasteiger partial charge is 0.369 e. The van der Waals surface area contributed by atoms with E-state index in [4.69, 9.17) is 23.2 Å². The van der Waals surface area contributed by atoms with E-state index in [-0.39, 0.29) is 0 Å². The average Bonchev–Trinajstić information content (AvgIpc) is 2.75. The predicted molar refractivity (Wildman–Crippen MR) is 79.9 cm³/mol. The molecule has 0 aliphatic carbocycles. The topological polar surface area (TPSA) is 15.3 Å². The minimum Gasteiger partial charge on any atom is -0.369 e. The van der Waals surface area contributed by atoms with Gasteiger partial charge in [-0.1, -0.05) is 43.1 Å². The van der Waals surface area contributed by atoms with Crippen LogP contribution in [0.5, 0.6) is 0 Å². The normalized spacial score (nSPS) is 19.8. The van der Waals surface area contributed by atoms with Crippen LogP contribution in [0.15, 0.2) is 18.2 Å². The lowest BCUT2D eigenvalue weighted by Crippen LogP contribution is -2.30. The molecule has 0 amide bonds. The van der Waals surface area contributed by atoms with E-state index in [2.05, 4.69) is 24.1 Å². The number of benzene rings is 1. The molecule has 1 aromatic carbocycles. The monoisotopic (exact) mass is 286 g/mol. The van der Waals surface area contributed by atoms with Crippen molar-refractivity contribution in [2.75, 3.05) is 24.5 Å². The Morgan fingerprint density at radius 2 is 2.00 bits per heavy atom. The van der Waals surface area contributed by atoms with Crippen molar-refractivity contribution >= 4 is 28.9 Å². The van der Waals surface area contributed by atoms with Crippen molar-refractivity contribution in [2.24, 2.45) is 5.92 Å². The first kappa shape index (κ1) is 14.0. The van der Waals surface area contributed by atoms with Crippen molar-refractivity contribution in [1.82, 2.24) is 5.32 Å². The quantitative estimate of drug-likeness (QED) is 0.905. The Kier molecular flexibility index (Phi) is 4.77. The Balaban J connectivity index is 2.00. The molecule has 0 saturated carbocycles. The molecule has 1 saturated heterocycles. The molecule has 0 spiro atoms. The van der Waals surface area contributed by atoms with Crippen molar-refractivity contribution < 1.29 is 0 Å². The highest BCUT2D eigenvalue weighted by molar-refractivity contribution is 6.39. The van der Waals surface area contributed by atoms with Crippen molar-refractivity contribution in [1.29, 1.82) is 0 Å². The van der Waals surface area contributed by atoms with E-state index >= 15 is 0 Å². The number of nitrogens with zero attached hydrogens (tertiary/aromatic N) is 1. The molecule has 0 aromatic heterocycles. The number of hydrogen-bond donors (Lipinski definition) is 1. The van der Waals surface area contributed by atoms with Gasteiger partial charge in [0, 0.05) is 19.1 Å². The third-order valence-electron chi connectivity index (χ3n) is 3.35. The molecule has 0 radical (unpaired) electrons. The Morgan fingerprint density at radius 3 is 2.61 bits per heavy atom. The zero-order valence-corrected chi connectivity index (χ0v) is 12.4. The third kappa shape index (κ3) is 3.31. The minimum atomic E-state index is 0.544. The van der Waals surface area contributed by atoms with Crippen molar-refractivity contribution in [3.05, 3.63) is 28.2 Å². The Labute approximate surface area is 119 Å². The molecule has 0 bridgehead atoms. The molecule has 100 valence electrons. The summed E-state index contributed by atoms with van der Waals surface area (Å²) in [6, 6.07) is 6.25. The summed E-state index contributed by atoms with van der Waals surface area (Å²) >= 11 is 12.5. The van der Waals surface area contributed by atoms with Gasteiger partial charge in [-0.25, -0.2) is 0 Å². The smallest absolute Gasteiger partial charge is 0.0745 e. The highest BCUT2D eigenvalue weighted by Gasteiger charge is 2.25. The SMILES string of the molecule is CC(C)NCC1CCN(c2c(Cl)cccc2Cl)C1. The van der Waals surface area contributed by atoms with E-state index in [1.807, 2.05) is 18.2 Å². The molecule has 1 N–H and O–H groups in total. The summed E-state index contributed by atoms with van der Waals surface area (Å²) in [5.74, 6) is 0.680. The van der Waals surface area contributed by atoms with Crippen LogP contribution in [0.2, 0.25) is 10.0 Å². The Hall–Kier alpha value is -0.440. The van der Waals surface area contributed by atoms with Crippen LogP contribution in [0.4, 0.5) is 5.69 Å². The summed E-state index contributed by atoms with van der Waals surface area (Å²) in [5.41, 5.74) is 0.993. The van der Waals surface area contributed by atoms with Crippen molar-refractivity contribution in [3.63, 3.8) is 0 Å². The van der Waals surface area contributed by atoms with Crippen LogP contribution < -0.4 is 10.2 Å². The van der Waals surface area contributed by atoms with Crippen LogP contribution in [0.3, 0.4) is 0 Å². The first-order valence-electron chi connectivity index (χ1n) is 6.50. The minimum absolute atomic E-state index is 0.544. The highest BCUT2D eigenvalue weighted by atomic mass is 35.5. The fourth-order valence-electron chi connectivity index (χ4n) is 2.40. The van der Waals surface area contributed by atoms with E-state index in [1.165, 1.54) is 6.42 Å². The summed E-state index contributed by atoms with van der Waals surface area (Å²) in [6.45, 7) is 7.49. The van der Waals surface area contributed by atoms with E-state index in [9.17, 15) is 0 Å². The first-order chi connectivity index (χ1) is 8.58. The van der Waals surface area contributed by atoms with Gasteiger partial charge >= 0.3 is 0 Å². The van der Waals surface area contributed by atoms with Gasteiger partial charge in [0.25, 0.3) is 0 Å².